The van der Waals surface area contributed by atoms with Crippen LogP contribution in [0.3, 0.4) is 0 Å². The summed E-state index contributed by atoms with van der Waals surface area (Å²) in [5.74, 6) is -0.960. The largest absolute Gasteiger partial charge is 0.396 e. The van der Waals surface area contributed by atoms with Crippen molar-refractivity contribution in [2.75, 3.05) is 5.73 Å². The molecule has 0 aliphatic carbocycles. The van der Waals surface area contributed by atoms with Gasteiger partial charge in [0, 0.05) is 11.8 Å². The van der Waals surface area contributed by atoms with Gasteiger partial charge >= 0.3 is 0 Å². The highest BCUT2D eigenvalue weighted by atomic mass is 19.1. The molecule has 1 aromatic carbocycles. The van der Waals surface area contributed by atoms with Gasteiger partial charge in [-0.2, -0.15) is 0 Å². The predicted octanol–water partition coefficient (Wildman–Crippen LogP) is 1.06. The highest BCUT2D eigenvalue weighted by Crippen LogP contribution is 2.11. The third-order valence-electron chi connectivity index (χ3n) is 2.26. The topological polar surface area (TPSA) is 83.8 Å². The Kier molecular flexibility index (Phi) is 3.04. The van der Waals surface area contributed by atoms with E-state index in [4.69, 9.17) is 5.73 Å². The first-order valence-electron chi connectivity index (χ1n) is 4.97. The Labute approximate surface area is 96.9 Å². The van der Waals surface area contributed by atoms with Gasteiger partial charge in [-0.25, -0.2) is 9.37 Å². The van der Waals surface area contributed by atoms with Crippen LogP contribution in [0.4, 0.5) is 10.1 Å². The lowest BCUT2D eigenvalue weighted by atomic mass is 10.2. The van der Waals surface area contributed by atoms with Gasteiger partial charge in [0.25, 0.3) is 5.91 Å². The van der Waals surface area contributed by atoms with Gasteiger partial charge in [-0.3, -0.25) is 4.79 Å². The van der Waals surface area contributed by atoms with E-state index >= 15 is 0 Å². The van der Waals surface area contributed by atoms with Crippen molar-refractivity contribution < 1.29 is 9.18 Å². The van der Waals surface area contributed by atoms with Crippen LogP contribution < -0.4 is 11.1 Å². The number of halogens is 1. The molecule has 2 rings (SSSR count). The molecule has 0 saturated heterocycles. The zero-order valence-electron chi connectivity index (χ0n) is 8.90. The zero-order valence-corrected chi connectivity index (χ0v) is 8.90. The summed E-state index contributed by atoms with van der Waals surface area (Å²) in [6.07, 6.45) is 3.12. The van der Waals surface area contributed by atoms with Crippen LogP contribution >= 0.6 is 0 Å². The zero-order chi connectivity index (χ0) is 12.3. The van der Waals surface area contributed by atoms with E-state index in [1.807, 2.05) is 0 Å². The molecule has 0 fully saturated rings. The number of carbonyl (C=O) groups is 1. The number of nitrogens with one attached hydrogen (secondary N) is 2. The number of aromatic nitrogens is 2. The number of benzene rings is 1. The predicted molar refractivity (Wildman–Crippen MR) is 60.6 cm³/mol. The minimum atomic E-state index is -0.598. The monoisotopic (exact) mass is 234 g/mol. The molecule has 0 spiro atoms. The maximum atomic E-state index is 13.1. The maximum absolute atomic E-state index is 13.1. The van der Waals surface area contributed by atoms with Gasteiger partial charge in [0.1, 0.15) is 5.82 Å². The van der Waals surface area contributed by atoms with Crippen LogP contribution in [0, 0.1) is 5.82 Å². The summed E-state index contributed by atoms with van der Waals surface area (Å²) >= 11 is 0. The second-order valence-corrected chi connectivity index (χ2v) is 3.50. The first kappa shape index (κ1) is 11.1. The van der Waals surface area contributed by atoms with E-state index in [9.17, 15) is 9.18 Å². The lowest BCUT2D eigenvalue weighted by molar-refractivity contribution is 0.0950. The number of nitrogens with zero attached hydrogens (tertiary/aromatic N) is 1. The van der Waals surface area contributed by atoms with Crippen molar-refractivity contribution >= 4 is 11.6 Å². The molecule has 0 saturated carbocycles. The molecular weight excluding hydrogens is 223 g/mol. The van der Waals surface area contributed by atoms with Gasteiger partial charge in [-0.15, -0.1) is 0 Å². The lowest BCUT2D eigenvalue weighted by Crippen LogP contribution is -2.23. The van der Waals surface area contributed by atoms with Crippen molar-refractivity contribution in [3.8, 4) is 0 Å². The van der Waals surface area contributed by atoms with Crippen molar-refractivity contribution in [1.82, 2.24) is 15.3 Å². The SMILES string of the molecule is Nc1ccc(C(=O)NCc2cnc[nH]2)cc1F. The summed E-state index contributed by atoms with van der Waals surface area (Å²) < 4.78 is 13.1. The van der Waals surface area contributed by atoms with Crippen LogP contribution in [-0.4, -0.2) is 15.9 Å². The Morgan fingerprint density at radius 2 is 2.35 bits per heavy atom. The fraction of sp³-hybridized carbons (Fsp3) is 0.0909. The molecule has 0 aliphatic heterocycles. The average molecular weight is 234 g/mol. The van der Waals surface area contributed by atoms with Gasteiger partial charge in [0.15, 0.2) is 0 Å². The van der Waals surface area contributed by atoms with Gasteiger partial charge in [-0.05, 0) is 18.2 Å². The number of nitrogens with two attached hydrogens (primary N) is 1. The first-order chi connectivity index (χ1) is 8.16. The van der Waals surface area contributed by atoms with E-state index < -0.39 is 5.82 Å². The molecule has 0 radical (unpaired) electrons. The van der Waals surface area contributed by atoms with E-state index in [0.717, 1.165) is 11.8 Å². The quantitative estimate of drug-likeness (QED) is 0.694. The normalized spacial score (nSPS) is 10.2. The molecule has 17 heavy (non-hydrogen) atoms. The summed E-state index contributed by atoms with van der Waals surface area (Å²) in [6.45, 7) is 0.310. The van der Waals surface area contributed by atoms with Gasteiger partial charge in [0.2, 0.25) is 0 Å². The minimum Gasteiger partial charge on any atom is -0.396 e. The Bertz CT molecular complexity index is 524. The number of carbonyl (C=O) groups excluding carboxylic acids is 1. The maximum Gasteiger partial charge on any atom is 0.251 e. The van der Waals surface area contributed by atoms with Gasteiger partial charge in [0.05, 0.1) is 24.3 Å². The number of amides is 1. The summed E-state index contributed by atoms with van der Waals surface area (Å²) in [4.78, 5) is 18.3. The Balaban J connectivity index is 2.02. The molecular formula is C11H11FN4O. The highest BCUT2D eigenvalue weighted by Gasteiger charge is 2.08. The average Bonchev–Trinajstić information content (AvgIpc) is 2.82. The van der Waals surface area contributed by atoms with Gasteiger partial charge < -0.3 is 16.0 Å². The molecule has 1 heterocycles. The lowest BCUT2D eigenvalue weighted by Gasteiger charge is -2.04. The Morgan fingerprint density at radius 1 is 1.53 bits per heavy atom. The Hall–Kier alpha value is -2.37. The number of anilines is 1. The molecule has 5 nitrogen and oxygen atoms in total. The summed E-state index contributed by atoms with van der Waals surface area (Å²) in [5.41, 5.74) is 6.35. The number of rotatable bonds is 3. The minimum absolute atomic E-state index is 0.0233. The number of hydrogen-bond donors (Lipinski definition) is 3. The van der Waals surface area contributed by atoms with Crippen LogP contribution in [0.5, 0.6) is 0 Å². The summed E-state index contributed by atoms with van der Waals surface area (Å²) in [5, 5.41) is 2.63. The fourth-order valence-corrected chi connectivity index (χ4v) is 1.33. The summed E-state index contributed by atoms with van der Waals surface area (Å²) in [6, 6.07) is 3.94. The molecule has 1 amide bonds. The van der Waals surface area contributed by atoms with Crippen molar-refractivity contribution in [2.24, 2.45) is 0 Å². The third-order valence-corrected chi connectivity index (χ3v) is 2.26. The standard InChI is InChI=1S/C11H11FN4O/c12-9-3-7(1-2-10(9)13)11(17)15-5-8-4-14-6-16-8/h1-4,6H,5,13H2,(H,14,16)(H,15,17). The molecule has 0 aliphatic rings. The van der Waals surface area contributed by atoms with Crippen LogP contribution in [-0.2, 0) is 6.54 Å². The number of H-pyrrole nitrogens is 1. The van der Waals surface area contributed by atoms with Crippen LogP contribution in [0.1, 0.15) is 16.1 Å². The summed E-state index contributed by atoms with van der Waals surface area (Å²) in [7, 11) is 0. The first-order valence-corrected chi connectivity index (χ1v) is 4.97. The molecule has 88 valence electrons. The van der Waals surface area contributed by atoms with Crippen LogP contribution in [0.15, 0.2) is 30.7 Å². The highest BCUT2D eigenvalue weighted by molar-refractivity contribution is 5.94. The van der Waals surface area contributed by atoms with Crippen molar-refractivity contribution in [3.05, 3.63) is 47.8 Å². The van der Waals surface area contributed by atoms with E-state index in [-0.39, 0.29) is 17.2 Å². The van der Waals surface area contributed by atoms with E-state index in [1.54, 1.807) is 6.20 Å². The fourth-order valence-electron chi connectivity index (χ4n) is 1.33. The van der Waals surface area contributed by atoms with Crippen molar-refractivity contribution in [1.29, 1.82) is 0 Å². The van der Waals surface area contributed by atoms with Gasteiger partial charge in [-0.1, -0.05) is 0 Å². The van der Waals surface area contributed by atoms with E-state index in [1.165, 1.54) is 18.5 Å². The smallest absolute Gasteiger partial charge is 0.251 e. The van der Waals surface area contributed by atoms with Crippen molar-refractivity contribution in [2.45, 2.75) is 6.54 Å². The number of nitrogen functional groups attached to an aromatic ring is 1. The van der Waals surface area contributed by atoms with E-state index in [0.29, 0.717) is 6.54 Å². The second kappa shape index (κ2) is 4.65. The molecule has 6 heteroatoms. The molecule has 2 aromatic rings. The van der Waals surface area contributed by atoms with Crippen LogP contribution in [0.2, 0.25) is 0 Å². The third kappa shape index (κ3) is 2.60. The number of imidazole rings is 1. The molecule has 4 N–H and O–H groups in total. The second-order valence-electron chi connectivity index (χ2n) is 3.50. The molecule has 0 atom stereocenters. The van der Waals surface area contributed by atoms with Crippen LogP contribution in [0.25, 0.3) is 0 Å². The molecule has 1 aromatic heterocycles. The number of aromatic amines is 1. The number of hydrogen-bond acceptors (Lipinski definition) is 3. The molecule has 0 unspecified atom stereocenters. The Morgan fingerprint density at radius 3 is 3.00 bits per heavy atom. The van der Waals surface area contributed by atoms with Crippen molar-refractivity contribution in [3.63, 3.8) is 0 Å². The van der Waals surface area contributed by atoms with E-state index in [2.05, 4.69) is 15.3 Å². The molecule has 0 bridgehead atoms.